The Morgan fingerprint density at radius 1 is 0.800 bits per heavy atom. The number of nitrogens with zero attached hydrogens (tertiary/aromatic N) is 6. The molecule has 1 aliphatic heterocycles. The van der Waals surface area contributed by atoms with Crippen molar-refractivity contribution in [3.05, 3.63) is 99.4 Å². The molecule has 0 radical (unpaired) electrons. The number of benzene rings is 2. The van der Waals surface area contributed by atoms with Crippen LogP contribution in [-0.2, 0) is 37.3 Å². The van der Waals surface area contributed by atoms with E-state index >= 15 is 17.6 Å². The van der Waals surface area contributed by atoms with E-state index in [9.17, 15) is 5.26 Å². The van der Waals surface area contributed by atoms with Crippen molar-refractivity contribution in [2.24, 2.45) is 0 Å². The minimum atomic E-state index is -1.70. The van der Waals surface area contributed by atoms with E-state index < -0.39 is 50.8 Å². The maximum atomic E-state index is 15.7. The van der Waals surface area contributed by atoms with E-state index in [1.54, 1.807) is 18.2 Å². The van der Waals surface area contributed by atoms with Crippen molar-refractivity contribution < 1.29 is 38.6 Å². The van der Waals surface area contributed by atoms with Crippen LogP contribution in [0.25, 0.3) is 16.2 Å². The average molecular weight is 726 g/mol. The van der Waals surface area contributed by atoms with Crippen molar-refractivity contribution in [2.75, 3.05) is 0 Å². The summed E-state index contributed by atoms with van der Waals surface area (Å²) >= 11 is 0. The molecular formula is C29H22F4N6Pt. The molecule has 4 aromatic rings. The Morgan fingerprint density at radius 3 is 1.70 bits per heavy atom. The number of halogens is 4. The summed E-state index contributed by atoms with van der Waals surface area (Å²) in [5.41, 5.74) is -5.37. The zero-order valence-electron chi connectivity index (χ0n) is 22.3. The number of nitriles is 1. The van der Waals surface area contributed by atoms with Gasteiger partial charge in [0.2, 0.25) is 0 Å². The largest absolute Gasteiger partial charge is 2.00 e. The van der Waals surface area contributed by atoms with Crippen molar-refractivity contribution in [3.8, 4) is 17.4 Å². The Bertz CT molecular complexity index is 1640. The summed E-state index contributed by atoms with van der Waals surface area (Å²) in [4.78, 5) is 3.05. The Hall–Kier alpha value is -3.75. The van der Waals surface area contributed by atoms with Gasteiger partial charge >= 0.3 is 21.1 Å². The van der Waals surface area contributed by atoms with Crippen molar-refractivity contribution in [1.82, 2.24) is 19.6 Å². The summed E-state index contributed by atoms with van der Waals surface area (Å²) in [5, 5.41) is 18.8. The number of hydrogen-bond donors (Lipinski definition) is 0. The number of fused-ring (bicyclic) bond motifs is 10. The molecule has 8 bridgehead atoms. The van der Waals surface area contributed by atoms with E-state index in [0.717, 1.165) is 9.36 Å². The van der Waals surface area contributed by atoms with Gasteiger partial charge in [0.25, 0.3) is 0 Å². The maximum Gasteiger partial charge on any atom is 2.00 e. The first-order valence-corrected chi connectivity index (χ1v) is 12.0. The first-order chi connectivity index (χ1) is 18.2. The number of rotatable bonds is 0. The molecule has 5 rings (SSSR count). The van der Waals surface area contributed by atoms with Gasteiger partial charge in [0, 0.05) is 46.2 Å². The van der Waals surface area contributed by atoms with Gasteiger partial charge in [0.1, 0.15) is 0 Å². The molecule has 206 valence electrons. The summed E-state index contributed by atoms with van der Waals surface area (Å²) < 4.78 is 64.6. The molecule has 0 fully saturated rings. The number of aromatic nitrogens is 4. The fourth-order valence-electron chi connectivity index (χ4n) is 4.83. The Kier molecular flexibility index (Phi) is 6.89. The van der Waals surface area contributed by atoms with Gasteiger partial charge in [-0.3, -0.25) is 31.8 Å². The third-order valence-electron chi connectivity index (χ3n) is 8.15. The minimum absolute atomic E-state index is 0. The zero-order chi connectivity index (χ0) is 28.7. The molecule has 0 N–H and O–H groups in total. The molecule has 2 aromatic heterocycles. The second-order valence-electron chi connectivity index (χ2n) is 11.1. The predicted octanol–water partition coefficient (Wildman–Crippen LogP) is 6.53. The van der Waals surface area contributed by atoms with Gasteiger partial charge in [-0.15, -0.1) is 23.3 Å². The molecule has 0 atom stereocenters. The van der Waals surface area contributed by atoms with Gasteiger partial charge in [-0.2, -0.15) is 15.5 Å². The topological polar surface area (TPSA) is 63.8 Å². The smallest absolute Gasteiger partial charge is 0.297 e. The van der Waals surface area contributed by atoms with Crippen molar-refractivity contribution >= 4 is 5.69 Å². The van der Waals surface area contributed by atoms with E-state index in [2.05, 4.69) is 27.2 Å². The molecule has 0 amide bonds. The second-order valence-corrected chi connectivity index (χ2v) is 11.1. The molecule has 3 heterocycles. The fourth-order valence-corrected chi connectivity index (χ4v) is 4.83. The molecule has 6 nitrogen and oxygen atoms in total. The van der Waals surface area contributed by atoms with Crippen molar-refractivity contribution in [3.63, 3.8) is 0 Å². The van der Waals surface area contributed by atoms with Crippen LogP contribution in [0.3, 0.4) is 0 Å². The fraction of sp³-hybridized carbons (Fsp3) is 0.310. The molecule has 0 saturated carbocycles. The third kappa shape index (κ3) is 3.84. The van der Waals surface area contributed by atoms with Crippen LogP contribution in [0.15, 0.2) is 24.5 Å². The molecule has 0 saturated heterocycles. The summed E-state index contributed by atoms with van der Waals surface area (Å²) in [7, 11) is 0. The van der Waals surface area contributed by atoms with Gasteiger partial charge in [-0.25, -0.2) is 0 Å². The summed E-state index contributed by atoms with van der Waals surface area (Å²) in [5.74, 6) is -4.88. The van der Waals surface area contributed by atoms with Gasteiger partial charge in [0.05, 0.1) is 29.8 Å². The van der Waals surface area contributed by atoms with Crippen LogP contribution in [-0.4, -0.2) is 19.6 Å². The Morgan fingerprint density at radius 2 is 1.25 bits per heavy atom. The number of hydrogen-bond acceptors (Lipinski definition) is 3. The van der Waals surface area contributed by atoms with Gasteiger partial charge in [-0.1, -0.05) is 41.5 Å². The minimum Gasteiger partial charge on any atom is -0.297 e. The van der Waals surface area contributed by atoms with Gasteiger partial charge in [-0.05, 0) is 28.9 Å². The zero-order valence-corrected chi connectivity index (χ0v) is 24.6. The monoisotopic (exact) mass is 725 g/mol. The summed E-state index contributed by atoms with van der Waals surface area (Å²) in [6.07, 6.45) is 2.95. The van der Waals surface area contributed by atoms with E-state index in [1.807, 2.05) is 27.7 Å². The first kappa shape index (κ1) is 29.2. The van der Waals surface area contributed by atoms with Gasteiger partial charge < -0.3 is 0 Å². The van der Waals surface area contributed by atoms with E-state index in [0.29, 0.717) is 11.4 Å². The van der Waals surface area contributed by atoms with Crippen LogP contribution in [0.2, 0.25) is 0 Å². The molecule has 40 heavy (non-hydrogen) atoms. The van der Waals surface area contributed by atoms with E-state index in [1.165, 1.54) is 26.2 Å². The Labute approximate surface area is 243 Å². The average Bonchev–Trinajstić information content (AvgIpc) is 3.55. The van der Waals surface area contributed by atoms with Crippen LogP contribution < -0.4 is 0 Å². The van der Waals surface area contributed by atoms with Gasteiger partial charge in [0.15, 0.2) is 5.69 Å². The summed E-state index contributed by atoms with van der Waals surface area (Å²) in [6.45, 7) is 17.9. The van der Waals surface area contributed by atoms with E-state index in [-0.39, 0.29) is 43.6 Å². The summed E-state index contributed by atoms with van der Waals surface area (Å²) in [6, 6.07) is 10.2. The first-order valence-electron chi connectivity index (χ1n) is 12.0. The standard InChI is InChI=1S/C29H22F4N6.Pt/c1-27(2)16-12-18(23(31)15(14-34)22(16)30)38-10-8-20(36-38)28(3,4)29(5,6)21-9-11-39(37-21)19-13-17(27)24(32)26(35-7)25(19)33;/h8-11H,1-6H3;/q-2;+2. The molecule has 0 spiro atoms. The van der Waals surface area contributed by atoms with Crippen LogP contribution in [0.1, 0.15) is 69.6 Å². The molecule has 0 unspecified atom stereocenters. The van der Waals surface area contributed by atoms with Crippen LogP contribution in [0, 0.1) is 53.3 Å². The molecule has 1 aliphatic rings. The predicted molar refractivity (Wildman–Crippen MR) is 134 cm³/mol. The van der Waals surface area contributed by atoms with E-state index in [4.69, 9.17) is 6.57 Å². The maximum absolute atomic E-state index is 15.7. The molecular weight excluding hydrogens is 703 g/mol. The van der Waals surface area contributed by atoms with Crippen LogP contribution in [0.5, 0.6) is 0 Å². The normalized spacial score (nSPS) is 16.1. The van der Waals surface area contributed by atoms with Crippen molar-refractivity contribution in [1.29, 1.82) is 5.26 Å². The van der Waals surface area contributed by atoms with Crippen LogP contribution in [0.4, 0.5) is 23.2 Å². The van der Waals surface area contributed by atoms with Crippen LogP contribution >= 0.6 is 0 Å². The SMILES string of the molecule is [C-]#[N+]c1c(F)c2[c-]c(c1F)C(C)(C)c1[c-]c(c(F)c(C#N)c1F)-n1ccc(n1)C(C)(C)C(C)(C)c1ccn-2n1.[Pt+2]. The molecule has 0 aliphatic carbocycles. The molecule has 2 aromatic carbocycles. The second kappa shape index (κ2) is 9.42. The van der Waals surface area contributed by atoms with Crippen molar-refractivity contribution in [2.45, 2.75) is 57.8 Å². The Balaban J connectivity index is 0.00000370. The molecule has 11 heteroatoms. The quantitative estimate of drug-likeness (QED) is 0.153. The third-order valence-corrected chi connectivity index (χ3v) is 8.15.